The maximum atomic E-state index is 11.6. The van der Waals surface area contributed by atoms with Crippen LogP contribution in [0.1, 0.15) is 10.5 Å². The Morgan fingerprint density at radius 2 is 2.00 bits per heavy atom. The zero-order valence-corrected chi connectivity index (χ0v) is 10.3. The molecule has 0 radical (unpaired) electrons. The molecule has 1 heterocycles. The van der Waals surface area contributed by atoms with Crippen molar-refractivity contribution in [2.75, 3.05) is 5.32 Å². The summed E-state index contributed by atoms with van der Waals surface area (Å²) in [5.41, 5.74) is 0.849. The van der Waals surface area contributed by atoms with Gasteiger partial charge in [-0.05, 0) is 30.3 Å². The number of benzene rings is 1. The lowest BCUT2D eigenvalue weighted by atomic mass is 10.2. The molecule has 0 aliphatic carbocycles. The quantitative estimate of drug-likeness (QED) is 0.675. The Hall–Kier alpha value is -1.88. The van der Waals surface area contributed by atoms with Crippen molar-refractivity contribution in [3.8, 4) is 0 Å². The van der Waals surface area contributed by atoms with Crippen LogP contribution in [0.2, 0.25) is 0 Å². The summed E-state index contributed by atoms with van der Waals surface area (Å²) >= 11 is 3.29. The molecule has 0 fully saturated rings. The number of nitrogens with one attached hydrogen (secondary N) is 2. The molecule has 0 aliphatic heterocycles. The second-order valence-corrected chi connectivity index (χ2v) is 4.29. The van der Waals surface area contributed by atoms with Crippen LogP contribution in [0.15, 0.2) is 47.1 Å². The van der Waals surface area contributed by atoms with E-state index in [0.717, 1.165) is 4.47 Å². The summed E-state index contributed by atoms with van der Waals surface area (Å²) in [5.74, 6) is -1.25. The molecule has 1 amide bonds. The number of Topliss-reactive ketones (excluding diaryl/α,β-unsaturated/α-hetero) is 1. The van der Waals surface area contributed by atoms with E-state index in [2.05, 4.69) is 26.2 Å². The molecule has 1 aromatic carbocycles. The molecule has 4 nitrogen and oxygen atoms in total. The zero-order chi connectivity index (χ0) is 12.3. The number of halogens is 1. The Morgan fingerprint density at radius 1 is 1.18 bits per heavy atom. The number of hydrogen-bond acceptors (Lipinski definition) is 2. The maximum Gasteiger partial charge on any atom is 0.298 e. The van der Waals surface area contributed by atoms with Gasteiger partial charge in [0.25, 0.3) is 11.7 Å². The van der Waals surface area contributed by atoms with Gasteiger partial charge in [-0.15, -0.1) is 0 Å². The van der Waals surface area contributed by atoms with Gasteiger partial charge < -0.3 is 10.3 Å². The fourth-order valence-corrected chi connectivity index (χ4v) is 1.75. The molecule has 17 heavy (non-hydrogen) atoms. The second kappa shape index (κ2) is 4.97. The van der Waals surface area contributed by atoms with Crippen LogP contribution >= 0.6 is 15.9 Å². The first-order valence-electron chi connectivity index (χ1n) is 4.91. The van der Waals surface area contributed by atoms with Crippen molar-refractivity contribution in [2.24, 2.45) is 0 Å². The lowest BCUT2D eigenvalue weighted by Gasteiger charge is -2.03. The SMILES string of the molecule is O=C(Nc1cccc(Br)c1)C(=O)c1ccc[nH]1. The standard InChI is InChI=1S/C12H9BrN2O2/c13-8-3-1-4-9(7-8)15-12(17)11(16)10-5-2-6-14-10/h1-7,14H,(H,15,17). The molecule has 0 atom stereocenters. The summed E-state index contributed by atoms with van der Waals surface area (Å²) in [6.07, 6.45) is 1.60. The molecule has 2 N–H and O–H groups in total. The minimum absolute atomic E-state index is 0.275. The largest absolute Gasteiger partial charge is 0.358 e. The molecule has 1 aromatic heterocycles. The monoisotopic (exact) mass is 292 g/mol. The predicted molar refractivity (Wildman–Crippen MR) is 67.9 cm³/mol. The van der Waals surface area contributed by atoms with Gasteiger partial charge in [0.15, 0.2) is 0 Å². The third kappa shape index (κ3) is 2.82. The summed E-state index contributed by atoms with van der Waals surface area (Å²) in [4.78, 5) is 26.0. The number of H-pyrrole nitrogens is 1. The zero-order valence-electron chi connectivity index (χ0n) is 8.74. The molecule has 5 heteroatoms. The summed E-state index contributed by atoms with van der Waals surface area (Å²) in [6.45, 7) is 0. The van der Waals surface area contributed by atoms with E-state index >= 15 is 0 Å². The van der Waals surface area contributed by atoms with Crippen LogP contribution < -0.4 is 5.32 Å². The summed E-state index contributed by atoms with van der Waals surface area (Å²) in [7, 11) is 0. The number of aromatic nitrogens is 1. The first kappa shape index (κ1) is 11.6. The van der Waals surface area contributed by atoms with Gasteiger partial charge in [-0.1, -0.05) is 22.0 Å². The van der Waals surface area contributed by atoms with Gasteiger partial charge in [0.05, 0.1) is 5.69 Å². The number of carbonyl (C=O) groups is 2. The smallest absolute Gasteiger partial charge is 0.298 e. The molecule has 2 aromatic rings. The number of ketones is 1. The van der Waals surface area contributed by atoms with Crippen molar-refractivity contribution in [3.05, 3.63) is 52.8 Å². The van der Waals surface area contributed by atoms with Crippen molar-refractivity contribution in [3.63, 3.8) is 0 Å². The highest BCUT2D eigenvalue weighted by Gasteiger charge is 2.16. The summed E-state index contributed by atoms with van der Waals surface area (Å²) < 4.78 is 0.836. The number of aromatic amines is 1. The Kier molecular flexibility index (Phi) is 3.39. The Bertz CT molecular complexity index is 549. The minimum Gasteiger partial charge on any atom is -0.358 e. The predicted octanol–water partition coefficient (Wildman–Crippen LogP) is 2.60. The van der Waals surface area contributed by atoms with Gasteiger partial charge in [-0.25, -0.2) is 0 Å². The summed E-state index contributed by atoms with van der Waals surface area (Å²) in [6, 6.07) is 10.3. The average molecular weight is 293 g/mol. The van der Waals surface area contributed by atoms with Gasteiger partial charge >= 0.3 is 0 Å². The number of hydrogen-bond donors (Lipinski definition) is 2. The lowest BCUT2D eigenvalue weighted by molar-refractivity contribution is -0.112. The van der Waals surface area contributed by atoms with Crippen molar-refractivity contribution >= 4 is 33.3 Å². The van der Waals surface area contributed by atoms with E-state index in [-0.39, 0.29) is 5.69 Å². The van der Waals surface area contributed by atoms with E-state index in [4.69, 9.17) is 0 Å². The van der Waals surface area contributed by atoms with Crippen LogP contribution in [0.3, 0.4) is 0 Å². The van der Waals surface area contributed by atoms with E-state index in [1.54, 1.807) is 36.5 Å². The van der Waals surface area contributed by atoms with Crippen molar-refractivity contribution in [2.45, 2.75) is 0 Å². The first-order chi connectivity index (χ1) is 8.16. The van der Waals surface area contributed by atoms with Crippen LogP contribution in [0.4, 0.5) is 5.69 Å². The highest BCUT2D eigenvalue weighted by atomic mass is 79.9. The molecular weight excluding hydrogens is 284 g/mol. The van der Waals surface area contributed by atoms with Crippen molar-refractivity contribution in [1.82, 2.24) is 4.98 Å². The molecule has 0 aliphatic rings. The van der Waals surface area contributed by atoms with Crippen molar-refractivity contribution in [1.29, 1.82) is 0 Å². The third-order valence-corrected chi connectivity index (χ3v) is 2.62. The Labute approximate surface area is 106 Å². The molecular formula is C12H9BrN2O2. The molecule has 0 bridgehead atoms. The summed E-state index contributed by atoms with van der Waals surface area (Å²) in [5, 5.41) is 2.53. The molecule has 0 saturated heterocycles. The minimum atomic E-state index is -0.662. The Morgan fingerprint density at radius 3 is 2.65 bits per heavy atom. The van der Waals surface area contributed by atoms with Crippen LogP contribution in [0.25, 0.3) is 0 Å². The van der Waals surface area contributed by atoms with E-state index < -0.39 is 11.7 Å². The Balaban J connectivity index is 2.10. The molecule has 0 spiro atoms. The van der Waals surface area contributed by atoms with Crippen LogP contribution in [-0.2, 0) is 4.79 Å². The van der Waals surface area contributed by atoms with Crippen LogP contribution in [0.5, 0.6) is 0 Å². The lowest BCUT2D eigenvalue weighted by Crippen LogP contribution is -2.23. The van der Waals surface area contributed by atoms with E-state index in [9.17, 15) is 9.59 Å². The number of rotatable bonds is 3. The first-order valence-corrected chi connectivity index (χ1v) is 5.71. The normalized spacial score (nSPS) is 9.94. The molecule has 2 rings (SSSR count). The molecule has 0 unspecified atom stereocenters. The fraction of sp³-hybridized carbons (Fsp3) is 0. The van der Waals surface area contributed by atoms with Crippen LogP contribution in [-0.4, -0.2) is 16.7 Å². The van der Waals surface area contributed by atoms with Gasteiger partial charge in [0.1, 0.15) is 0 Å². The third-order valence-electron chi connectivity index (χ3n) is 2.13. The van der Waals surface area contributed by atoms with Gasteiger partial charge in [0.2, 0.25) is 0 Å². The van der Waals surface area contributed by atoms with Gasteiger partial charge in [0, 0.05) is 16.4 Å². The molecule has 0 saturated carbocycles. The van der Waals surface area contributed by atoms with Crippen LogP contribution in [0, 0.1) is 0 Å². The van der Waals surface area contributed by atoms with E-state index in [1.165, 1.54) is 0 Å². The van der Waals surface area contributed by atoms with E-state index in [0.29, 0.717) is 5.69 Å². The fourth-order valence-electron chi connectivity index (χ4n) is 1.35. The highest BCUT2D eigenvalue weighted by Crippen LogP contribution is 2.15. The van der Waals surface area contributed by atoms with Gasteiger partial charge in [-0.3, -0.25) is 9.59 Å². The molecule has 86 valence electrons. The van der Waals surface area contributed by atoms with Crippen molar-refractivity contribution < 1.29 is 9.59 Å². The maximum absolute atomic E-state index is 11.6. The average Bonchev–Trinajstić information content (AvgIpc) is 2.81. The van der Waals surface area contributed by atoms with E-state index in [1.807, 2.05) is 6.07 Å². The number of carbonyl (C=O) groups excluding carboxylic acids is 2. The van der Waals surface area contributed by atoms with Gasteiger partial charge in [-0.2, -0.15) is 0 Å². The number of amides is 1. The number of anilines is 1. The second-order valence-electron chi connectivity index (χ2n) is 3.38. The highest BCUT2D eigenvalue weighted by molar-refractivity contribution is 9.10. The topological polar surface area (TPSA) is 62.0 Å².